The smallest absolute Gasteiger partial charge is 0.241 e. The Morgan fingerprint density at radius 2 is 2.00 bits per heavy atom. The molecule has 1 amide bonds. The summed E-state index contributed by atoms with van der Waals surface area (Å²) in [6.07, 6.45) is 4.54. The Morgan fingerprint density at radius 1 is 1.25 bits per heavy atom. The fourth-order valence-corrected chi connectivity index (χ4v) is 4.02. The number of thioether (sulfide) groups is 1. The summed E-state index contributed by atoms with van der Waals surface area (Å²) in [7, 11) is 0. The van der Waals surface area contributed by atoms with Crippen molar-refractivity contribution in [1.82, 2.24) is 15.1 Å². The van der Waals surface area contributed by atoms with E-state index in [1.165, 1.54) is 24.6 Å². The average molecular weight is 299 g/mol. The van der Waals surface area contributed by atoms with Gasteiger partial charge >= 0.3 is 0 Å². The molecule has 4 nitrogen and oxygen atoms in total. The molecule has 2 saturated heterocycles. The Balaban J connectivity index is 1.82. The molecule has 0 aromatic rings. The van der Waals surface area contributed by atoms with E-state index in [9.17, 15) is 4.79 Å². The van der Waals surface area contributed by atoms with Gasteiger partial charge < -0.3 is 4.90 Å². The number of rotatable bonds is 7. The minimum atomic E-state index is 0.0665. The molecule has 1 N–H and O–H groups in total. The Morgan fingerprint density at radius 3 is 2.65 bits per heavy atom. The molecule has 0 aromatic heterocycles. The number of hydrogen-bond donors (Lipinski definition) is 1. The fourth-order valence-electron chi connectivity index (χ4n) is 3.04. The van der Waals surface area contributed by atoms with Crippen LogP contribution in [0.3, 0.4) is 0 Å². The molecule has 2 rings (SSSR count). The first-order chi connectivity index (χ1) is 9.76. The summed E-state index contributed by atoms with van der Waals surface area (Å²) < 4.78 is 0. The molecule has 20 heavy (non-hydrogen) atoms. The highest BCUT2D eigenvalue weighted by Crippen LogP contribution is 2.18. The molecule has 0 aromatic carbocycles. The quantitative estimate of drug-likeness (QED) is 0.777. The molecule has 2 fully saturated rings. The lowest BCUT2D eigenvalue weighted by molar-refractivity contribution is -0.130. The third-order valence-electron chi connectivity index (χ3n) is 4.34. The van der Waals surface area contributed by atoms with Crippen LogP contribution in [0.5, 0.6) is 0 Å². The third kappa shape index (κ3) is 4.12. The second kappa shape index (κ2) is 8.25. The molecule has 0 saturated carbocycles. The molecule has 5 heteroatoms. The van der Waals surface area contributed by atoms with Crippen LogP contribution in [-0.2, 0) is 4.79 Å². The minimum Gasteiger partial charge on any atom is -0.325 e. The topological polar surface area (TPSA) is 35.6 Å². The first-order valence-corrected chi connectivity index (χ1v) is 9.28. The van der Waals surface area contributed by atoms with Gasteiger partial charge in [-0.25, -0.2) is 0 Å². The Kier molecular flexibility index (Phi) is 6.65. The standard InChI is InChI=1S/C15H29N3OS/c1-3-5-6-13-15(19)18(14(4-2)16-13)8-7-17-9-11-20-12-10-17/h13-14,16H,3-12H2,1-2H3. The number of carbonyl (C=O) groups excluding carboxylic acids is 1. The van der Waals surface area contributed by atoms with E-state index in [-0.39, 0.29) is 12.2 Å². The number of nitrogens with zero attached hydrogens (tertiary/aromatic N) is 2. The monoisotopic (exact) mass is 299 g/mol. The molecular weight excluding hydrogens is 270 g/mol. The van der Waals surface area contributed by atoms with E-state index in [4.69, 9.17) is 0 Å². The second-order valence-corrected chi connectivity index (χ2v) is 7.00. The van der Waals surface area contributed by atoms with Gasteiger partial charge in [0.15, 0.2) is 0 Å². The lowest BCUT2D eigenvalue weighted by atomic mass is 10.1. The van der Waals surface area contributed by atoms with Crippen molar-refractivity contribution in [3.63, 3.8) is 0 Å². The van der Waals surface area contributed by atoms with Crippen molar-refractivity contribution < 1.29 is 4.79 Å². The van der Waals surface area contributed by atoms with Crippen LogP contribution in [0.1, 0.15) is 39.5 Å². The van der Waals surface area contributed by atoms with Gasteiger partial charge in [-0.15, -0.1) is 0 Å². The van der Waals surface area contributed by atoms with E-state index in [0.29, 0.717) is 5.91 Å². The summed E-state index contributed by atoms with van der Waals surface area (Å²) >= 11 is 2.04. The molecule has 0 aliphatic carbocycles. The van der Waals surface area contributed by atoms with Gasteiger partial charge in [0.2, 0.25) is 5.91 Å². The van der Waals surface area contributed by atoms with Gasteiger partial charge in [-0.2, -0.15) is 11.8 Å². The zero-order chi connectivity index (χ0) is 14.4. The molecule has 2 heterocycles. The van der Waals surface area contributed by atoms with Crippen LogP contribution < -0.4 is 5.32 Å². The predicted octanol–water partition coefficient (Wildman–Crippen LogP) is 1.76. The zero-order valence-corrected chi connectivity index (χ0v) is 13.8. The lowest BCUT2D eigenvalue weighted by Gasteiger charge is -2.30. The van der Waals surface area contributed by atoms with Crippen molar-refractivity contribution in [3.8, 4) is 0 Å². The Hall–Kier alpha value is -0.260. The van der Waals surface area contributed by atoms with Crippen LogP contribution in [-0.4, -0.2) is 65.6 Å². The highest BCUT2D eigenvalue weighted by molar-refractivity contribution is 7.99. The van der Waals surface area contributed by atoms with E-state index >= 15 is 0 Å². The van der Waals surface area contributed by atoms with E-state index in [0.717, 1.165) is 38.8 Å². The molecule has 2 aliphatic heterocycles. The van der Waals surface area contributed by atoms with Gasteiger partial charge in [-0.3, -0.25) is 15.0 Å². The van der Waals surface area contributed by atoms with Crippen LogP contribution in [0, 0.1) is 0 Å². The Labute approximate surface area is 127 Å². The minimum absolute atomic E-state index is 0.0665. The van der Waals surface area contributed by atoms with Crippen molar-refractivity contribution in [3.05, 3.63) is 0 Å². The van der Waals surface area contributed by atoms with Gasteiger partial charge in [0.25, 0.3) is 0 Å². The van der Waals surface area contributed by atoms with Crippen LogP contribution in [0.4, 0.5) is 0 Å². The summed E-state index contributed by atoms with van der Waals surface area (Å²) in [5, 5.41) is 3.52. The van der Waals surface area contributed by atoms with Crippen LogP contribution in [0.25, 0.3) is 0 Å². The molecule has 2 unspecified atom stereocenters. The van der Waals surface area contributed by atoms with Crippen molar-refractivity contribution in [1.29, 1.82) is 0 Å². The maximum atomic E-state index is 12.5. The van der Waals surface area contributed by atoms with Crippen LogP contribution in [0.2, 0.25) is 0 Å². The summed E-state index contributed by atoms with van der Waals surface area (Å²) in [5.41, 5.74) is 0. The average Bonchev–Trinajstić information content (AvgIpc) is 2.80. The number of unbranched alkanes of at least 4 members (excludes halogenated alkanes) is 1. The van der Waals surface area contributed by atoms with Gasteiger partial charge in [0, 0.05) is 37.7 Å². The van der Waals surface area contributed by atoms with Crippen LogP contribution in [0.15, 0.2) is 0 Å². The number of nitrogens with one attached hydrogen (secondary N) is 1. The first-order valence-electron chi connectivity index (χ1n) is 8.12. The summed E-state index contributed by atoms with van der Waals surface area (Å²) in [4.78, 5) is 17.1. The van der Waals surface area contributed by atoms with Crippen molar-refractivity contribution in [2.75, 3.05) is 37.7 Å². The van der Waals surface area contributed by atoms with Gasteiger partial charge in [-0.05, 0) is 12.8 Å². The van der Waals surface area contributed by atoms with Crippen molar-refractivity contribution >= 4 is 17.7 Å². The maximum absolute atomic E-state index is 12.5. The van der Waals surface area contributed by atoms with Crippen molar-refractivity contribution in [2.45, 2.75) is 51.7 Å². The molecule has 0 bridgehead atoms. The molecule has 2 aliphatic rings. The number of carbonyl (C=O) groups is 1. The predicted molar refractivity (Wildman–Crippen MR) is 86.0 cm³/mol. The largest absolute Gasteiger partial charge is 0.325 e. The van der Waals surface area contributed by atoms with Gasteiger partial charge in [0.1, 0.15) is 0 Å². The number of hydrogen-bond acceptors (Lipinski definition) is 4. The molecule has 2 atom stereocenters. The van der Waals surface area contributed by atoms with E-state index < -0.39 is 0 Å². The van der Waals surface area contributed by atoms with Crippen molar-refractivity contribution in [2.24, 2.45) is 0 Å². The summed E-state index contributed by atoms with van der Waals surface area (Å²) in [6, 6.07) is 0.0665. The van der Waals surface area contributed by atoms with E-state index in [1.807, 2.05) is 11.8 Å². The van der Waals surface area contributed by atoms with Crippen LogP contribution >= 0.6 is 11.8 Å². The maximum Gasteiger partial charge on any atom is 0.241 e. The van der Waals surface area contributed by atoms with Gasteiger partial charge in [0.05, 0.1) is 12.2 Å². The summed E-state index contributed by atoms with van der Waals surface area (Å²) in [6.45, 7) is 8.62. The highest BCUT2D eigenvalue weighted by Gasteiger charge is 2.37. The lowest BCUT2D eigenvalue weighted by Crippen LogP contribution is -2.44. The number of amides is 1. The highest BCUT2D eigenvalue weighted by atomic mass is 32.2. The zero-order valence-electron chi connectivity index (χ0n) is 12.9. The first kappa shape index (κ1) is 16.1. The molecule has 116 valence electrons. The molecule has 0 radical (unpaired) electrons. The van der Waals surface area contributed by atoms with Gasteiger partial charge in [-0.1, -0.05) is 26.7 Å². The molecule has 0 spiro atoms. The Bertz CT molecular complexity index is 307. The third-order valence-corrected chi connectivity index (χ3v) is 5.29. The SMILES string of the molecule is CCCCC1NC(CC)N(CCN2CCSCC2)C1=O. The van der Waals surface area contributed by atoms with E-state index in [2.05, 4.69) is 29.0 Å². The van der Waals surface area contributed by atoms with E-state index in [1.54, 1.807) is 0 Å². The molecular formula is C15H29N3OS. The summed E-state index contributed by atoms with van der Waals surface area (Å²) in [5.74, 6) is 2.81. The fraction of sp³-hybridized carbons (Fsp3) is 0.933. The second-order valence-electron chi connectivity index (χ2n) is 5.77. The normalized spacial score (nSPS) is 28.3.